The van der Waals surface area contributed by atoms with Crippen LogP contribution in [0.2, 0.25) is 10.0 Å². The summed E-state index contributed by atoms with van der Waals surface area (Å²) in [6, 6.07) is 4.43. The van der Waals surface area contributed by atoms with Gasteiger partial charge in [-0.25, -0.2) is 4.90 Å². The van der Waals surface area contributed by atoms with Gasteiger partial charge in [0.1, 0.15) is 0 Å². The number of anilines is 1. The first-order chi connectivity index (χ1) is 11.0. The molecule has 2 fully saturated rings. The number of likely N-dealkylation sites (N-methyl/N-ethyl adjacent to an activating group) is 1. The summed E-state index contributed by atoms with van der Waals surface area (Å²) in [4.78, 5) is 30.8. The number of imide groups is 1. The number of carbonyl (C=O) groups excluding carboxylic acids is 2. The molecule has 5 nitrogen and oxygen atoms in total. The number of hydrogen-bond donors (Lipinski definition) is 0. The molecule has 0 spiro atoms. The third kappa shape index (κ3) is 3.24. The minimum atomic E-state index is -0.381. The first-order valence-corrected chi connectivity index (χ1v) is 8.55. The standard InChI is InChI=1S/C16H19Cl2N3O2/c1-2-19-5-7-20(8-6-19)14-10-15(22)21(16(14)23)13-4-3-11(17)9-12(13)18/h3-4,9,14H,2,5-8,10H2,1H3/t14-/m0/s1. The van der Waals surface area contributed by atoms with Crippen molar-refractivity contribution in [3.63, 3.8) is 0 Å². The summed E-state index contributed by atoms with van der Waals surface area (Å²) in [5, 5.41) is 0.792. The van der Waals surface area contributed by atoms with Gasteiger partial charge in [-0.1, -0.05) is 30.1 Å². The predicted molar refractivity (Wildman–Crippen MR) is 91.0 cm³/mol. The van der Waals surface area contributed by atoms with Crippen LogP contribution in [-0.2, 0) is 9.59 Å². The number of piperazine rings is 1. The molecule has 1 atom stereocenters. The largest absolute Gasteiger partial charge is 0.301 e. The Labute approximate surface area is 145 Å². The Bertz CT molecular complexity index is 630. The highest BCUT2D eigenvalue weighted by atomic mass is 35.5. The van der Waals surface area contributed by atoms with E-state index in [1.165, 1.54) is 4.90 Å². The summed E-state index contributed by atoms with van der Waals surface area (Å²) >= 11 is 12.0. The van der Waals surface area contributed by atoms with Crippen molar-refractivity contribution in [2.75, 3.05) is 37.6 Å². The highest BCUT2D eigenvalue weighted by Gasteiger charge is 2.43. The van der Waals surface area contributed by atoms with Crippen molar-refractivity contribution in [2.24, 2.45) is 0 Å². The van der Waals surface area contributed by atoms with E-state index in [4.69, 9.17) is 23.2 Å². The minimum Gasteiger partial charge on any atom is -0.301 e. The normalized spacial score (nSPS) is 23.8. The Morgan fingerprint density at radius 2 is 1.83 bits per heavy atom. The van der Waals surface area contributed by atoms with Crippen molar-refractivity contribution in [1.82, 2.24) is 9.80 Å². The molecule has 2 heterocycles. The quantitative estimate of drug-likeness (QED) is 0.780. The van der Waals surface area contributed by atoms with Gasteiger partial charge in [0.15, 0.2) is 0 Å². The molecule has 7 heteroatoms. The molecule has 3 rings (SSSR count). The van der Waals surface area contributed by atoms with Crippen LogP contribution < -0.4 is 4.90 Å². The fourth-order valence-corrected chi connectivity index (χ4v) is 3.70. The van der Waals surface area contributed by atoms with E-state index in [0.717, 1.165) is 32.7 Å². The van der Waals surface area contributed by atoms with Crippen LogP contribution >= 0.6 is 23.2 Å². The number of halogens is 2. The van der Waals surface area contributed by atoms with Crippen molar-refractivity contribution in [1.29, 1.82) is 0 Å². The maximum absolute atomic E-state index is 12.8. The van der Waals surface area contributed by atoms with E-state index in [2.05, 4.69) is 16.7 Å². The molecule has 23 heavy (non-hydrogen) atoms. The first-order valence-electron chi connectivity index (χ1n) is 7.79. The Hall–Kier alpha value is -1.14. The summed E-state index contributed by atoms with van der Waals surface area (Å²) in [5.41, 5.74) is 0.417. The molecular weight excluding hydrogens is 337 g/mol. The molecule has 0 saturated carbocycles. The number of carbonyl (C=O) groups is 2. The molecule has 1 aromatic carbocycles. The van der Waals surface area contributed by atoms with Crippen molar-refractivity contribution in [3.05, 3.63) is 28.2 Å². The molecule has 124 valence electrons. The molecule has 0 N–H and O–H groups in total. The zero-order chi connectivity index (χ0) is 16.6. The van der Waals surface area contributed by atoms with Gasteiger partial charge >= 0.3 is 0 Å². The van der Waals surface area contributed by atoms with E-state index in [0.29, 0.717) is 15.7 Å². The number of nitrogens with zero attached hydrogens (tertiary/aromatic N) is 3. The Morgan fingerprint density at radius 1 is 1.13 bits per heavy atom. The molecule has 2 amide bonds. The van der Waals surface area contributed by atoms with Gasteiger partial charge in [0.25, 0.3) is 5.91 Å². The summed E-state index contributed by atoms with van der Waals surface area (Å²) in [5.74, 6) is -0.397. The number of rotatable bonds is 3. The van der Waals surface area contributed by atoms with E-state index >= 15 is 0 Å². The van der Waals surface area contributed by atoms with Gasteiger partial charge in [0, 0.05) is 31.2 Å². The van der Waals surface area contributed by atoms with Crippen molar-refractivity contribution >= 4 is 40.7 Å². The van der Waals surface area contributed by atoms with Gasteiger partial charge < -0.3 is 4.90 Å². The smallest absolute Gasteiger partial charge is 0.251 e. The molecule has 2 saturated heterocycles. The average Bonchev–Trinajstić information content (AvgIpc) is 2.83. The van der Waals surface area contributed by atoms with Gasteiger partial charge in [0.2, 0.25) is 5.91 Å². The van der Waals surface area contributed by atoms with Crippen LogP contribution in [0.15, 0.2) is 18.2 Å². The lowest BCUT2D eigenvalue weighted by atomic mass is 10.1. The predicted octanol–water partition coefficient (Wildman–Crippen LogP) is 2.26. The summed E-state index contributed by atoms with van der Waals surface area (Å²) in [6.07, 6.45) is 0.212. The van der Waals surface area contributed by atoms with E-state index < -0.39 is 0 Å². The van der Waals surface area contributed by atoms with Crippen LogP contribution in [0.4, 0.5) is 5.69 Å². The highest BCUT2D eigenvalue weighted by molar-refractivity contribution is 6.38. The van der Waals surface area contributed by atoms with E-state index in [1.54, 1.807) is 18.2 Å². The van der Waals surface area contributed by atoms with Crippen LogP contribution in [-0.4, -0.2) is 60.4 Å². The van der Waals surface area contributed by atoms with E-state index in [-0.39, 0.29) is 24.3 Å². The summed E-state index contributed by atoms with van der Waals surface area (Å²) < 4.78 is 0. The van der Waals surface area contributed by atoms with Crippen LogP contribution in [0, 0.1) is 0 Å². The maximum Gasteiger partial charge on any atom is 0.251 e. The lowest BCUT2D eigenvalue weighted by Gasteiger charge is -2.36. The lowest BCUT2D eigenvalue weighted by molar-refractivity contribution is -0.123. The van der Waals surface area contributed by atoms with Crippen LogP contribution in [0.5, 0.6) is 0 Å². The van der Waals surface area contributed by atoms with Crippen molar-refractivity contribution in [3.8, 4) is 0 Å². The van der Waals surface area contributed by atoms with Gasteiger partial charge in [0.05, 0.1) is 23.2 Å². The molecule has 0 bridgehead atoms. The van der Waals surface area contributed by atoms with Gasteiger partial charge in [-0.15, -0.1) is 0 Å². The van der Waals surface area contributed by atoms with Gasteiger partial charge in [-0.05, 0) is 24.7 Å². The lowest BCUT2D eigenvalue weighted by Crippen LogP contribution is -2.52. The SMILES string of the molecule is CCN1CCN([C@H]2CC(=O)N(c3ccc(Cl)cc3Cl)C2=O)CC1. The van der Waals surface area contributed by atoms with Crippen LogP contribution in [0.1, 0.15) is 13.3 Å². The molecule has 0 aliphatic carbocycles. The topological polar surface area (TPSA) is 43.9 Å². The minimum absolute atomic E-state index is 0.191. The second-order valence-corrected chi connectivity index (χ2v) is 6.70. The van der Waals surface area contributed by atoms with E-state index in [9.17, 15) is 9.59 Å². The third-order valence-electron chi connectivity index (χ3n) is 4.57. The maximum atomic E-state index is 12.8. The summed E-state index contributed by atoms with van der Waals surface area (Å²) in [6.45, 7) is 6.61. The number of benzene rings is 1. The zero-order valence-corrected chi connectivity index (χ0v) is 14.5. The van der Waals surface area contributed by atoms with Crippen molar-refractivity contribution < 1.29 is 9.59 Å². The van der Waals surface area contributed by atoms with Crippen LogP contribution in [0.25, 0.3) is 0 Å². The van der Waals surface area contributed by atoms with E-state index in [1.807, 2.05) is 0 Å². The first kappa shape index (κ1) is 16.7. The molecule has 1 aromatic rings. The fourth-order valence-electron chi connectivity index (χ4n) is 3.21. The zero-order valence-electron chi connectivity index (χ0n) is 13.0. The second-order valence-electron chi connectivity index (χ2n) is 5.85. The van der Waals surface area contributed by atoms with Crippen molar-refractivity contribution in [2.45, 2.75) is 19.4 Å². The Kier molecular flexibility index (Phi) is 4.92. The highest BCUT2D eigenvalue weighted by Crippen LogP contribution is 2.33. The second kappa shape index (κ2) is 6.77. The Morgan fingerprint density at radius 3 is 2.43 bits per heavy atom. The number of hydrogen-bond acceptors (Lipinski definition) is 4. The molecule has 0 radical (unpaired) electrons. The number of amides is 2. The monoisotopic (exact) mass is 355 g/mol. The van der Waals surface area contributed by atoms with Crippen LogP contribution in [0.3, 0.4) is 0 Å². The molecule has 2 aliphatic rings. The molecular formula is C16H19Cl2N3O2. The van der Waals surface area contributed by atoms with Gasteiger partial charge in [-0.3, -0.25) is 14.5 Å². The molecule has 0 unspecified atom stereocenters. The average molecular weight is 356 g/mol. The fraction of sp³-hybridized carbons (Fsp3) is 0.500. The molecule has 2 aliphatic heterocycles. The third-order valence-corrected chi connectivity index (χ3v) is 5.11. The van der Waals surface area contributed by atoms with Gasteiger partial charge in [-0.2, -0.15) is 0 Å². The summed E-state index contributed by atoms with van der Waals surface area (Å²) in [7, 11) is 0. The Balaban J connectivity index is 1.78. The molecule has 0 aromatic heterocycles.